The molecule has 0 amide bonds. The number of nitrogens with zero attached hydrogens (tertiary/aromatic N) is 5. The number of aromatic nitrogens is 4. The Morgan fingerprint density at radius 2 is 1.84 bits per heavy atom. The molecule has 1 saturated heterocycles. The Kier molecular flexibility index (Phi) is 5.50. The van der Waals surface area contributed by atoms with Crippen LogP contribution in [-0.4, -0.2) is 45.9 Å². The Morgan fingerprint density at radius 1 is 1.00 bits per heavy atom. The van der Waals surface area contributed by atoms with Crippen molar-refractivity contribution in [2.75, 3.05) is 36.4 Å². The molecule has 3 heterocycles. The van der Waals surface area contributed by atoms with Gasteiger partial charge in [0, 0.05) is 49.3 Å². The molecule has 3 N–H and O–H groups in total. The number of piperidine rings is 1. The third-order valence-corrected chi connectivity index (χ3v) is 5.87. The van der Waals surface area contributed by atoms with E-state index in [0.717, 1.165) is 60.5 Å². The maximum absolute atomic E-state index is 5.60. The molecule has 0 aliphatic carbocycles. The number of nitrogens with one attached hydrogen (secondary N) is 1. The number of hydrogen-bond donors (Lipinski definition) is 2. The van der Waals surface area contributed by atoms with E-state index in [2.05, 4.69) is 55.4 Å². The highest BCUT2D eigenvalue weighted by atomic mass is 15.3. The van der Waals surface area contributed by atoms with E-state index in [4.69, 9.17) is 10.7 Å². The van der Waals surface area contributed by atoms with Crippen LogP contribution in [0.15, 0.2) is 67.1 Å². The zero-order valence-corrected chi connectivity index (χ0v) is 17.5. The number of nitrogens with two attached hydrogens (primary N) is 1. The smallest absolute Gasteiger partial charge is 0.0924 e. The van der Waals surface area contributed by atoms with Crippen LogP contribution in [0.4, 0.5) is 11.4 Å². The molecule has 0 atom stereocenters. The summed E-state index contributed by atoms with van der Waals surface area (Å²) in [6, 6.07) is 16.9. The van der Waals surface area contributed by atoms with Crippen LogP contribution < -0.4 is 16.0 Å². The van der Waals surface area contributed by atoms with Crippen molar-refractivity contribution in [2.45, 2.75) is 18.9 Å². The Morgan fingerprint density at radius 3 is 2.68 bits per heavy atom. The van der Waals surface area contributed by atoms with Crippen molar-refractivity contribution in [1.82, 2.24) is 19.7 Å². The van der Waals surface area contributed by atoms with Crippen LogP contribution in [0.5, 0.6) is 0 Å². The highest BCUT2D eigenvalue weighted by Gasteiger charge is 2.22. The maximum Gasteiger partial charge on any atom is 0.0924 e. The molecule has 0 bridgehead atoms. The second-order valence-electron chi connectivity index (χ2n) is 7.94. The minimum absolute atomic E-state index is 0.400. The zero-order chi connectivity index (χ0) is 21.0. The van der Waals surface area contributed by atoms with Gasteiger partial charge in [-0.1, -0.05) is 18.2 Å². The van der Waals surface area contributed by atoms with Gasteiger partial charge in [-0.05, 0) is 43.2 Å². The van der Waals surface area contributed by atoms with E-state index in [-0.39, 0.29) is 0 Å². The Balaban J connectivity index is 1.25. The van der Waals surface area contributed by atoms with Crippen molar-refractivity contribution in [3.8, 4) is 11.3 Å². The Bertz CT molecular complexity index is 1160. The lowest BCUT2D eigenvalue weighted by atomic mass is 10.0. The maximum atomic E-state index is 5.60. The number of anilines is 2. The normalized spacial score (nSPS) is 14.8. The fraction of sp³-hybridized carbons (Fsp3) is 0.292. The Hall–Kier alpha value is -3.45. The van der Waals surface area contributed by atoms with Gasteiger partial charge in [-0.2, -0.15) is 5.10 Å². The van der Waals surface area contributed by atoms with Crippen molar-refractivity contribution in [3.63, 3.8) is 0 Å². The van der Waals surface area contributed by atoms with Crippen molar-refractivity contribution >= 4 is 22.4 Å². The van der Waals surface area contributed by atoms with Gasteiger partial charge in [0.05, 0.1) is 35.2 Å². The van der Waals surface area contributed by atoms with E-state index in [1.165, 1.54) is 5.69 Å². The number of benzene rings is 2. The molecule has 7 heteroatoms. The van der Waals surface area contributed by atoms with Gasteiger partial charge in [0.15, 0.2) is 0 Å². The van der Waals surface area contributed by atoms with Crippen molar-refractivity contribution in [1.29, 1.82) is 0 Å². The molecule has 1 fully saturated rings. The molecule has 0 radical (unpaired) electrons. The lowest BCUT2D eigenvalue weighted by Crippen LogP contribution is -2.34. The topological polar surface area (TPSA) is 84.9 Å². The molecule has 0 spiro atoms. The SMILES string of the molecule is NCCNc1cccc(N2CCC(n3cc(-c4cnc5ccccc5n4)cn3)CC2)c1. The predicted molar refractivity (Wildman–Crippen MR) is 125 cm³/mol. The van der Waals surface area contributed by atoms with E-state index in [1.54, 1.807) is 0 Å². The highest BCUT2D eigenvalue weighted by Crippen LogP contribution is 2.29. The van der Waals surface area contributed by atoms with Gasteiger partial charge in [-0.15, -0.1) is 0 Å². The average Bonchev–Trinajstić information content (AvgIpc) is 3.33. The number of rotatable bonds is 6. The summed E-state index contributed by atoms with van der Waals surface area (Å²) < 4.78 is 2.10. The molecule has 2 aromatic carbocycles. The summed E-state index contributed by atoms with van der Waals surface area (Å²) in [6.07, 6.45) is 7.96. The summed E-state index contributed by atoms with van der Waals surface area (Å²) in [5, 5.41) is 8.01. The minimum Gasteiger partial charge on any atom is -0.384 e. The molecule has 4 aromatic rings. The van der Waals surface area contributed by atoms with Gasteiger partial charge in [0.25, 0.3) is 0 Å². The summed E-state index contributed by atoms with van der Waals surface area (Å²) in [7, 11) is 0. The molecular formula is C24H27N7. The van der Waals surface area contributed by atoms with Crippen LogP contribution in [0.3, 0.4) is 0 Å². The van der Waals surface area contributed by atoms with Gasteiger partial charge in [0.2, 0.25) is 0 Å². The standard InChI is InChI=1S/C24H27N7/c25-10-11-26-19-4-3-5-21(14-19)30-12-8-20(9-13-30)31-17-18(15-28-31)24-16-27-22-6-1-2-7-23(22)29-24/h1-7,14-17,20,26H,8-13,25H2. The lowest BCUT2D eigenvalue weighted by molar-refractivity contribution is 0.367. The summed E-state index contributed by atoms with van der Waals surface area (Å²) in [5.41, 5.74) is 11.7. The van der Waals surface area contributed by atoms with Crippen molar-refractivity contribution in [3.05, 3.63) is 67.1 Å². The van der Waals surface area contributed by atoms with E-state index < -0.39 is 0 Å². The molecule has 2 aromatic heterocycles. The summed E-state index contributed by atoms with van der Waals surface area (Å²) >= 11 is 0. The molecule has 7 nitrogen and oxygen atoms in total. The fourth-order valence-electron chi connectivity index (χ4n) is 4.18. The van der Waals surface area contributed by atoms with Crippen molar-refractivity contribution < 1.29 is 0 Å². The zero-order valence-electron chi connectivity index (χ0n) is 17.5. The first-order valence-corrected chi connectivity index (χ1v) is 10.9. The molecular weight excluding hydrogens is 386 g/mol. The van der Waals surface area contributed by atoms with E-state index in [9.17, 15) is 0 Å². The monoisotopic (exact) mass is 413 g/mol. The van der Waals surface area contributed by atoms with Crippen LogP contribution in [0.1, 0.15) is 18.9 Å². The summed E-state index contributed by atoms with van der Waals surface area (Å²) in [6.45, 7) is 3.44. The third kappa shape index (κ3) is 4.22. The van der Waals surface area contributed by atoms with Crippen molar-refractivity contribution in [2.24, 2.45) is 5.73 Å². The van der Waals surface area contributed by atoms with Crippen LogP contribution in [0.25, 0.3) is 22.3 Å². The van der Waals surface area contributed by atoms with E-state index in [1.807, 2.05) is 36.7 Å². The van der Waals surface area contributed by atoms with Gasteiger partial charge < -0.3 is 16.0 Å². The molecule has 1 aliphatic rings. The average molecular weight is 414 g/mol. The number of para-hydroxylation sites is 2. The lowest BCUT2D eigenvalue weighted by Gasteiger charge is -2.34. The summed E-state index contributed by atoms with van der Waals surface area (Å²) in [4.78, 5) is 11.7. The molecule has 1 aliphatic heterocycles. The van der Waals surface area contributed by atoms with Crippen LogP contribution in [0, 0.1) is 0 Å². The van der Waals surface area contributed by atoms with E-state index in [0.29, 0.717) is 12.6 Å². The molecule has 31 heavy (non-hydrogen) atoms. The Labute approximate surface area is 181 Å². The second-order valence-corrected chi connectivity index (χ2v) is 7.94. The molecule has 158 valence electrons. The third-order valence-electron chi connectivity index (χ3n) is 5.87. The molecule has 5 rings (SSSR count). The first-order valence-electron chi connectivity index (χ1n) is 10.9. The number of hydrogen-bond acceptors (Lipinski definition) is 6. The van der Waals surface area contributed by atoms with Gasteiger partial charge in [-0.3, -0.25) is 9.67 Å². The fourth-order valence-corrected chi connectivity index (χ4v) is 4.18. The first kappa shape index (κ1) is 19.5. The van der Waals surface area contributed by atoms with Gasteiger partial charge in [-0.25, -0.2) is 4.98 Å². The largest absolute Gasteiger partial charge is 0.384 e. The van der Waals surface area contributed by atoms with Crippen LogP contribution >= 0.6 is 0 Å². The highest BCUT2D eigenvalue weighted by molar-refractivity contribution is 5.76. The second kappa shape index (κ2) is 8.73. The van der Waals surface area contributed by atoms with E-state index >= 15 is 0 Å². The van der Waals surface area contributed by atoms with Gasteiger partial charge in [0.1, 0.15) is 0 Å². The van der Waals surface area contributed by atoms with Crippen LogP contribution in [-0.2, 0) is 0 Å². The predicted octanol–water partition coefficient (Wildman–Crippen LogP) is 3.71. The minimum atomic E-state index is 0.400. The summed E-state index contributed by atoms with van der Waals surface area (Å²) in [5.74, 6) is 0. The number of fused-ring (bicyclic) bond motifs is 1. The first-order chi connectivity index (χ1) is 15.3. The molecule has 0 unspecified atom stereocenters. The quantitative estimate of drug-likeness (QED) is 0.501. The van der Waals surface area contributed by atoms with Gasteiger partial charge >= 0.3 is 0 Å². The molecule has 0 saturated carbocycles. The van der Waals surface area contributed by atoms with Crippen LogP contribution in [0.2, 0.25) is 0 Å².